The molecule has 0 aromatic heterocycles. The molecule has 0 fully saturated rings. The van der Waals surface area contributed by atoms with Gasteiger partial charge in [0.05, 0.1) is 23.3 Å². The first kappa shape index (κ1) is 22.4. The molecule has 0 aliphatic rings. The third-order valence-corrected chi connectivity index (χ3v) is 7.70. The normalized spacial score (nSPS) is 15.1. The Labute approximate surface area is 158 Å². The summed E-state index contributed by atoms with van der Waals surface area (Å²) >= 11 is 0.992. The van der Waals surface area contributed by atoms with Gasteiger partial charge in [-0.05, 0) is 32.4 Å². The summed E-state index contributed by atoms with van der Waals surface area (Å²) in [5.74, 6) is 0. The number of benzene rings is 1. The van der Waals surface area contributed by atoms with E-state index in [4.69, 9.17) is 5.26 Å². The highest BCUT2D eigenvalue weighted by Crippen LogP contribution is 2.34. The van der Waals surface area contributed by atoms with Crippen molar-refractivity contribution in [2.45, 2.75) is 48.9 Å². The van der Waals surface area contributed by atoms with Crippen LogP contribution >= 0.6 is 11.8 Å². The second kappa shape index (κ2) is 9.91. The lowest BCUT2D eigenvalue weighted by atomic mass is 10.1. The Morgan fingerprint density at radius 1 is 1.15 bits per heavy atom. The molecular formula is C17H23N3O4S2. The van der Waals surface area contributed by atoms with E-state index in [0.717, 1.165) is 16.1 Å². The maximum atomic E-state index is 13.0. The van der Waals surface area contributed by atoms with Gasteiger partial charge >= 0.3 is 0 Å². The van der Waals surface area contributed by atoms with Crippen molar-refractivity contribution in [2.75, 3.05) is 13.1 Å². The minimum atomic E-state index is -3.86. The number of thioether (sulfide) groups is 1. The van der Waals surface area contributed by atoms with E-state index in [1.165, 1.54) is 19.9 Å². The third kappa shape index (κ3) is 5.70. The summed E-state index contributed by atoms with van der Waals surface area (Å²) in [5, 5.41) is 37.7. The zero-order valence-electron chi connectivity index (χ0n) is 15.0. The van der Waals surface area contributed by atoms with Crippen LogP contribution in [-0.2, 0) is 10.0 Å². The molecule has 0 bridgehead atoms. The van der Waals surface area contributed by atoms with Crippen LogP contribution in [0.1, 0.15) is 38.3 Å². The number of nitriles is 2. The van der Waals surface area contributed by atoms with Crippen molar-refractivity contribution in [3.05, 3.63) is 29.3 Å². The first-order chi connectivity index (χ1) is 12.2. The van der Waals surface area contributed by atoms with Crippen LogP contribution in [0.5, 0.6) is 0 Å². The molecule has 3 atom stereocenters. The van der Waals surface area contributed by atoms with Crippen LogP contribution in [-0.4, -0.2) is 52.8 Å². The Morgan fingerprint density at radius 3 is 2.15 bits per heavy atom. The molecule has 142 valence electrons. The van der Waals surface area contributed by atoms with Crippen molar-refractivity contribution in [3.8, 4) is 12.1 Å². The van der Waals surface area contributed by atoms with Crippen molar-refractivity contribution < 1.29 is 18.6 Å². The van der Waals surface area contributed by atoms with Gasteiger partial charge in [0.15, 0.2) is 0 Å². The Balaban J connectivity index is 3.25. The summed E-state index contributed by atoms with van der Waals surface area (Å²) in [5.41, 5.74) is 0.334. The first-order valence-electron chi connectivity index (χ1n) is 8.12. The molecule has 0 spiro atoms. The highest BCUT2D eigenvalue weighted by Gasteiger charge is 2.33. The molecular weight excluding hydrogens is 374 g/mol. The van der Waals surface area contributed by atoms with E-state index >= 15 is 0 Å². The van der Waals surface area contributed by atoms with Crippen molar-refractivity contribution in [2.24, 2.45) is 0 Å². The standard InChI is InChI=1S/C17H23N3O4S2/c1-4-17(25-16-7-5-6-14(8-18)15(16)9-19)26(23,24)20(10-12(2)21)11-13(3)22/h5-7,12-13,17,21-22H,4,10-11H2,1-3H3. The Hall–Kier alpha value is -1.62. The van der Waals surface area contributed by atoms with Gasteiger partial charge in [0.1, 0.15) is 16.7 Å². The molecule has 9 heteroatoms. The molecule has 7 nitrogen and oxygen atoms in total. The lowest BCUT2D eigenvalue weighted by Gasteiger charge is -2.28. The van der Waals surface area contributed by atoms with Gasteiger partial charge in [0.25, 0.3) is 0 Å². The SMILES string of the molecule is CCC(Sc1cccc(C#N)c1C#N)S(=O)(=O)N(CC(C)O)CC(C)O. The molecule has 0 saturated heterocycles. The van der Waals surface area contributed by atoms with Gasteiger partial charge in [-0.25, -0.2) is 8.42 Å². The average Bonchev–Trinajstić information content (AvgIpc) is 2.57. The maximum Gasteiger partial charge on any atom is 0.226 e. The summed E-state index contributed by atoms with van der Waals surface area (Å²) in [6, 6.07) is 8.60. The highest BCUT2D eigenvalue weighted by atomic mass is 32.3. The fourth-order valence-electron chi connectivity index (χ4n) is 2.37. The zero-order valence-corrected chi connectivity index (χ0v) is 16.6. The predicted octanol–water partition coefficient (Wildman–Crippen LogP) is 1.65. The monoisotopic (exact) mass is 397 g/mol. The topological polar surface area (TPSA) is 125 Å². The smallest absolute Gasteiger partial charge is 0.226 e. The van der Waals surface area contributed by atoms with E-state index in [1.807, 2.05) is 12.1 Å². The quantitative estimate of drug-likeness (QED) is 0.607. The number of hydrogen-bond donors (Lipinski definition) is 2. The van der Waals surface area contributed by atoms with E-state index in [9.17, 15) is 23.9 Å². The first-order valence-corrected chi connectivity index (χ1v) is 10.5. The van der Waals surface area contributed by atoms with Crippen LogP contribution in [0.2, 0.25) is 0 Å². The fraction of sp³-hybridized carbons (Fsp3) is 0.529. The second-order valence-corrected chi connectivity index (χ2v) is 9.58. The molecule has 1 aromatic rings. The largest absolute Gasteiger partial charge is 0.392 e. The van der Waals surface area contributed by atoms with Crippen LogP contribution in [0.25, 0.3) is 0 Å². The molecule has 26 heavy (non-hydrogen) atoms. The number of aliphatic hydroxyl groups excluding tert-OH is 2. The van der Waals surface area contributed by atoms with Gasteiger partial charge < -0.3 is 10.2 Å². The van der Waals surface area contributed by atoms with Gasteiger partial charge in [0.2, 0.25) is 10.0 Å². The lowest BCUT2D eigenvalue weighted by Crippen LogP contribution is -2.44. The number of aliphatic hydroxyl groups is 2. The van der Waals surface area contributed by atoms with Gasteiger partial charge in [-0.2, -0.15) is 14.8 Å². The number of rotatable bonds is 9. The average molecular weight is 398 g/mol. The summed E-state index contributed by atoms with van der Waals surface area (Å²) in [6.07, 6.45) is -1.52. The maximum absolute atomic E-state index is 13.0. The predicted molar refractivity (Wildman–Crippen MR) is 99.7 cm³/mol. The van der Waals surface area contributed by atoms with Crippen molar-refractivity contribution in [1.82, 2.24) is 4.31 Å². The molecule has 0 radical (unpaired) electrons. The second-order valence-electron chi connectivity index (χ2n) is 5.92. The fourth-order valence-corrected chi connectivity index (χ4v) is 6.02. The van der Waals surface area contributed by atoms with E-state index < -0.39 is 26.8 Å². The third-order valence-electron chi connectivity index (χ3n) is 3.48. The van der Waals surface area contributed by atoms with E-state index in [-0.39, 0.29) is 30.6 Å². The summed E-state index contributed by atoms with van der Waals surface area (Å²) < 4.78 is 26.2. The number of sulfonamides is 1. The van der Waals surface area contributed by atoms with Crippen molar-refractivity contribution in [3.63, 3.8) is 0 Å². The van der Waals surface area contributed by atoms with Crippen LogP contribution in [0.3, 0.4) is 0 Å². The summed E-state index contributed by atoms with van der Waals surface area (Å²) in [7, 11) is -3.86. The van der Waals surface area contributed by atoms with Gasteiger partial charge in [-0.3, -0.25) is 0 Å². The summed E-state index contributed by atoms with van der Waals surface area (Å²) in [6.45, 7) is 4.39. The molecule has 0 amide bonds. The van der Waals surface area contributed by atoms with E-state index in [0.29, 0.717) is 4.90 Å². The van der Waals surface area contributed by atoms with Crippen molar-refractivity contribution in [1.29, 1.82) is 10.5 Å². The molecule has 0 aliphatic carbocycles. The lowest BCUT2D eigenvalue weighted by molar-refractivity contribution is 0.124. The van der Waals surface area contributed by atoms with E-state index in [1.54, 1.807) is 19.1 Å². The Morgan fingerprint density at radius 2 is 1.73 bits per heavy atom. The van der Waals surface area contributed by atoms with Crippen LogP contribution in [0.4, 0.5) is 0 Å². The molecule has 0 saturated carbocycles. The number of hydrogen-bond acceptors (Lipinski definition) is 7. The van der Waals surface area contributed by atoms with Crippen LogP contribution < -0.4 is 0 Å². The van der Waals surface area contributed by atoms with Crippen LogP contribution in [0.15, 0.2) is 23.1 Å². The summed E-state index contributed by atoms with van der Waals surface area (Å²) in [4.78, 5) is 0.413. The number of nitrogens with zero attached hydrogens (tertiary/aromatic N) is 3. The minimum absolute atomic E-state index is 0.131. The van der Waals surface area contributed by atoms with Gasteiger partial charge in [-0.1, -0.05) is 13.0 Å². The molecule has 2 N–H and O–H groups in total. The molecule has 0 heterocycles. The zero-order chi connectivity index (χ0) is 19.9. The van der Waals surface area contributed by atoms with Gasteiger partial charge in [-0.15, -0.1) is 11.8 Å². The van der Waals surface area contributed by atoms with Crippen molar-refractivity contribution >= 4 is 21.8 Å². The van der Waals surface area contributed by atoms with Crippen LogP contribution in [0, 0.1) is 22.7 Å². The Bertz CT molecular complexity index is 785. The Kier molecular flexibility index (Phi) is 8.54. The molecule has 0 aliphatic heterocycles. The molecule has 1 aromatic carbocycles. The molecule has 3 unspecified atom stereocenters. The molecule has 1 rings (SSSR count). The van der Waals surface area contributed by atoms with Gasteiger partial charge in [0, 0.05) is 18.0 Å². The van der Waals surface area contributed by atoms with E-state index in [2.05, 4.69) is 0 Å². The highest BCUT2D eigenvalue weighted by molar-refractivity contribution is 8.12. The minimum Gasteiger partial charge on any atom is -0.392 e.